The Labute approximate surface area is 150 Å². The third-order valence-corrected chi connectivity index (χ3v) is 3.43. The van der Waals surface area contributed by atoms with E-state index in [1.807, 2.05) is 60.8 Å². The summed E-state index contributed by atoms with van der Waals surface area (Å²) < 4.78 is 0. The molecule has 5 N–H and O–H groups in total. The minimum atomic E-state index is -0.833. The van der Waals surface area contributed by atoms with Crippen LogP contribution in [-0.4, -0.2) is 27.2 Å². The minimum absolute atomic E-state index is 0.234. The molecular weight excluding hydrogens is 332 g/mol. The van der Waals surface area contributed by atoms with Crippen LogP contribution >= 0.6 is 0 Å². The molecule has 2 aromatic carbocycles. The number of para-hydroxylation sites is 1. The van der Waals surface area contributed by atoms with Crippen LogP contribution < -0.4 is 11.1 Å². The number of benzene rings is 2. The number of nitrogens with zero attached hydrogens (tertiary/aromatic N) is 1. The van der Waals surface area contributed by atoms with Crippen molar-refractivity contribution in [1.29, 1.82) is 0 Å². The van der Waals surface area contributed by atoms with Gasteiger partial charge in [0.15, 0.2) is 0 Å². The number of rotatable bonds is 4. The van der Waals surface area contributed by atoms with Crippen LogP contribution in [0.5, 0.6) is 0 Å². The van der Waals surface area contributed by atoms with Gasteiger partial charge in [0, 0.05) is 24.4 Å². The Morgan fingerprint density at radius 3 is 2.23 bits per heavy atom. The number of amides is 1. The van der Waals surface area contributed by atoms with Crippen molar-refractivity contribution < 1.29 is 14.7 Å². The molecule has 0 saturated heterocycles. The zero-order valence-corrected chi connectivity index (χ0v) is 14.2. The summed E-state index contributed by atoms with van der Waals surface area (Å²) in [4.78, 5) is 21.2. The molecule has 0 bridgehead atoms. The number of carbonyl (C=O) groups is 2. The summed E-state index contributed by atoms with van der Waals surface area (Å²) in [7, 11) is 0. The minimum Gasteiger partial charge on any atom is -0.481 e. The van der Waals surface area contributed by atoms with E-state index in [0.29, 0.717) is 0 Å². The molecule has 3 rings (SSSR count). The summed E-state index contributed by atoms with van der Waals surface area (Å²) >= 11 is 0. The number of carbonyl (C=O) groups excluding carboxylic acids is 1. The lowest BCUT2D eigenvalue weighted by molar-refractivity contribution is -0.134. The molecule has 7 heteroatoms. The molecule has 134 valence electrons. The molecule has 7 nitrogen and oxygen atoms in total. The van der Waals surface area contributed by atoms with Gasteiger partial charge in [-0.25, -0.2) is 0 Å². The van der Waals surface area contributed by atoms with Crippen LogP contribution in [0.4, 0.5) is 5.69 Å². The van der Waals surface area contributed by atoms with Crippen molar-refractivity contribution in [3.8, 4) is 11.1 Å². The Bertz CT molecular complexity index is 827. The van der Waals surface area contributed by atoms with Gasteiger partial charge in [-0.05, 0) is 23.3 Å². The summed E-state index contributed by atoms with van der Waals surface area (Å²) in [5, 5.41) is 16.9. The lowest BCUT2D eigenvalue weighted by Crippen LogP contribution is -2.27. The highest BCUT2D eigenvalue weighted by Crippen LogP contribution is 2.21. The highest BCUT2D eigenvalue weighted by molar-refractivity contribution is 5.95. The summed E-state index contributed by atoms with van der Waals surface area (Å²) in [5.41, 5.74) is 9.54. The molecule has 1 aromatic heterocycles. The molecule has 1 amide bonds. The normalized spacial score (nSPS) is 11.0. The van der Waals surface area contributed by atoms with E-state index in [0.717, 1.165) is 29.3 Å². The van der Waals surface area contributed by atoms with Crippen LogP contribution in [0.15, 0.2) is 67.0 Å². The summed E-state index contributed by atoms with van der Waals surface area (Å²) in [6.07, 6.45) is 3.56. The Morgan fingerprint density at radius 1 is 1.08 bits per heavy atom. The van der Waals surface area contributed by atoms with Crippen LogP contribution in [0, 0.1) is 0 Å². The fourth-order valence-corrected chi connectivity index (χ4v) is 2.18. The van der Waals surface area contributed by atoms with Crippen LogP contribution in [-0.2, 0) is 9.59 Å². The molecule has 0 saturated carbocycles. The number of H-pyrrole nitrogens is 1. The van der Waals surface area contributed by atoms with Gasteiger partial charge in [0.1, 0.15) is 6.04 Å². The predicted octanol–water partition coefficient (Wildman–Crippen LogP) is 2.81. The SMILES string of the molecule is CC(=O)O.NC(C(=O)Nc1ccccc1)c1ccc(-c2cn[nH]c2)cc1. The molecular formula is C19H20N4O3. The van der Waals surface area contributed by atoms with Gasteiger partial charge in [-0.15, -0.1) is 0 Å². The molecule has 0 aliphatic heterocycles. The van der Waals surface area contributed by atoms with Crippen molar-refractivity contribution in [2.75, 3.05) is 5.32 Å². The molecule has 1 atom stereocenters. The molecule has 0 aliphatic rings. The van der Waals surface area contributed by atoms with Gasteiger partial charge in [-0.3, -0.25) is 14.7 Å². The number of anilines is 1. The van der Waals surface area contributed by atoms with Crippen molar-refractivity contribution in [3.05, 3.63) is 72.6 Å². The van der Waals surface area contributed by atoms with Crippen LogP contribution in [0.2, 0.25) is 0 Å². The number of aliphatic carboxylic acids is 1. The maximum atomic E-state index is 12.2. The average molecular weight is 352 g/mol. The Kier molecular flexibility index (Phi) is 6.64. The fraction of sp³-hybridized carbons (Fsp3) is 0.105. The monoisotopic (exact) mass is 352 g/mol. The zero-order valence-electron chi connectivity index (χ0n) is 14.2. The largest absolute Gasteiger partial charge is 0.481 e. The molecule has 0 spiro atoms. The number of carboxylic acids is 1. The number of aromatic nitrogens is 2. The second kappa shape index (κ2) is 9.14. The molecule has 1 heterocycles. The summed E-state index contributed by atoms with van der Waals surface area (Å²) in [6.45, 7) is 1.08. The van der Waals surface area contributed by atoms with E-state index in [4.69, 9.17) is 15.6 Å². The van der Waals surface area contributed by atoms with Gasteiger partial charge in [-0.1, -0.05) is 42.5 Å². The highest BCUT2D eigenvalue weighted by atomic mass is 16.4. The first-order valence-electron chi connectivity index (χ1n) is 7.87. The lowest BCUT2D eigenvalue weighted by atomic mass is 10.0. The van der Waals surface area contributed by atoms with Crippen molar-refractivity contribution in [2.45, 2.75) is 13.0 Å². The van der Waals surface area contributed by atoms with E-state index in [1.54, 1.807) is 6.20 Å². The maximum absolute atomic E-state index is 12.2. The third-order valence-electron chi connectivity index (χ3n) is 3.43. The second-order valence-corrected chi connectivity index (χ2v) is 5.46. The molecule has 0 fully saturated rings. The zero-order chi connectivity index (χ0) is 18.9. The molecule has 0 radical (unpaired) electrons. The molecule has 26 heavy (non-hydrogen) atoms. The molecule has 1 unspecified atom stereocenters. The number of hydrogen-bond acceptors (Lipinski definition) is 4. The van der Waals surface area contributed by atoms with Crippen molar-refractivity contribution in [2.24, 2.45) is 5.73 Å². The first-order valence-corrected chi connectivity index (χ1v) is 7.87. The van der Waals surface area contributed by atoms with Gasteiger partial charge >= 0.3 is 0 Å². The van der Waals surface area contributed by atoms with E-state index in [2.05, 4.69) is 15.5 Å². The Morgan fingerprint density at radius 2 is 1.69 bits per heavy atom. The van der Waals surface area contributed by atoms with Gasteiger partial charge < -0.3 is 16.2 Å². The number of nitrogens with two attached hydrogens (primary N) is 1. The number of nitrogens with one attached hydrogen (secondary N) is 2. The Balaban J connectivity index is 0.000000552. The summed E-state index contributed by atoms with van der Waals surface area (Å²) in [6, 6.07) is 16.1. The van der Waals surface area contributed by atoms with Gasteiger partial charge in [0.2, 0.25) is 5.91 Å². The third kappa shape index (κ3) is 5.57. The predicted molar refractivity (Wildman–Crippen MR) is 99.3 cm³/mol. The van der Waals surface area contributed by atoms with E-state index in [9.17, 15) is 4.79 Å². The lowest BCUT2D eigenvalue weighted by Gasteiger charge is -2.13. The van der Waals surface area contributed by atoms with E-state index < -0.39 is 12.0 Å². The fourth-order valence-electron chi connectivity index (χ4n) is 2.18. The standard InChI is InChI=1S/C17H16N4O.C2H4O2/c18-16(17(22)21-15-4-2-1-3-5-15)13-8-6-12(7-9-13)14-10-19-20-11-14;1-2(3)4/h1-11,16H,18H2,(H,19,20)(H,21,22);1H3,(H,3,4). The summed E-state index contributed by atoms with van der Waals surface area (Å²) in [5.74, 6) is -1.07. The number of hydrogen-bond donors (Lipinski definition) is 4. The van der Waals surface area contributed by atoms with Crippen molar-refractivity contribution >= 4 is 17.6 Å². The number of aromatic amines is 1. The quantitative estimate of drug-likeness (QED) is 0.575. The van der Waals surface area contributed by atoms with Crippen molar-refractivity contribution in [3.63, 3.8) is 0 Å². The number of carboxylic acid groups (broad SMARTS) is 1. The van der Waals surface area contributed by atoms with Crippen LogP contribution in [0.1, 0.15) is 18.5 Å². The topological polar surface area (TPSA) is 121 Å². The van der Waals surface area contributed by atoms with E-state index in [-0.39, 0.29) is 5.91 Å². The Hall–Kier alpha value is -3.45. The second-order valence-electron chi connectivity index (χ2n) is 5.46. The van der Waals surface area contributed by atoms with Gasteiger partial charge in [-0.2, -0.15) is 5.10 Å². The first-order chi connectivity index (χ1) is 12.5. The van der Waals surface area contributed by atoms with Gasteiger partial charge in [0.05, 0.1) is 6.20 Å². The maximum Gasteiger partial charge on any atom is 0.300 e. The molecule has 3 aromatic rings. The molecule has 0 aliphatic carbocycles. The van der Waals surface area contributed by atoms with E-state index >= 15 is 0 Å². The average Bonchev–Trinajstić information content (AvgIpc) is 3.16. The van der Waals surface area contributed by atoms with Crippen molar-refractivity contribution in [1.82, 2.24) is 10.2 Å². The first kappa shape index (κ1) is 18.9. The van der Waals surface area contributed by atoms with Crippen LogP contribution in [0.25, 0.3) is 11.1 Å². The van der Waals surface area contributed by atoms with Gasteiger partial charge in [0.25, 0.3) is 5.97 Å². The highest BCUT2D eigenvalue weighted by Gasteiger charge is 2.15. The van der Waals surface area contributed by atoms with Crippen LogP contribution in [0.3, 0.4) is 0 Å². The smallest absolute Gasteiger partial charge is 0.300 e. The van der Waals surface area contributed by atoms with E-state index in [1.165, 1.54) is 0 Å².